The van der Waals surface area contributed by atoms with Crippen LogP contribution in [0.4, 0.5) is 11.9 Å². The third-order valence-corrected chi connectivity index (χ3v) is 4.49. The number of nitrogens with zero attached hydrogens (tertiary/aromatic N) is 4. The highest BCUT2D eigenvalue weighted by molar-refractivity contribution is 7.99. The highest BCUT2D eigenvalue weighted by Gasteiger charge is 2.16. The molecule has 2 heterocycles. The van der Waals surface area contributed by atoms with E-state index in [0.29, 0.717) is 5.95 Å². The molecule has 0 amide bonds. The number of anilines is 2. The molecule has 0 aliphatic carbocycles. The van der Waals surface area contributed by atoms with Crippen molar-refractivity contribution in [3.05, 3.63) is 0 Å². The van der Waals surface area contributed by atoms with Gasteiger partial charge in [0.15, 0.2) is 5.16 Å². The van der Waals surface area contributed by atoms with Gasteiger partial charge in [0.25, 0.3) is 0 Å². The SMILES string of the molecule is CCCCCSc1nc(NCC)nc(N2CCCCC2)n1. The van der Waals surface area contributed by atoms with Crippen LogP contribution in [0.15, 0.2) is 5.16 Å². The van der Waals surface area contributed by atoms with E-state index in [2.05, 4.69) is 39.0 Å². The molecule has 0 bridgehead atoms. The molecule has 2 rings (SSSR count). The molecule has 1 aromatic heterocycles. The summed E-state index contributed by atoms with van der Waals surface area (Å²) in [5.74, 6) is 2.65. The summed E-state index contributed by atoms with van der Waals surface area (Å²) in [7, 11) is 0. The van der Waals surface area contributed by atoms with Crippen LogP contribution in [0.25, 0.3) is 0 Å². The van der Waals surface area contributed by atoms with Gasteiger partial charge in [-0.15, -0.1) is 0 Å². The summed E-state index contributed by atoms with van der Waals surface area (Å²) in [5, 5.41) is 4.09. The van der Waals surface area contributed by atoms with Gasteiger partial charge in [0.05, 0.1) is 0 Å². The largest absolute Gasteiger partial charge is 0.354 e. The summed E-state index contributed by atoms with van der Waals surface area (Å²) in [5.41, 5.74) is 0. The van der Waals surface area contributed by atoms with Gasteiger partial charge in [-0.3, -0.25) is 0 Å². The molecule has 1 aliphatic heterocycles. The van der Waals surface area contributed by atoms with Crippen molar-refractivity contribution < 1.29 is 0 Å². The fraction of sp³-hybridized carbons (Fsp3) is 0.800. The van der Waals surface area contributed by atoms with Crippen LogP contribution < -0.4 is 10.2 Å². The van der Waals surface area contributed by atoms with Gasteiger partial charge in [-0.05, 0) is 32.6 Å². The van der Waals surface area contributed by atoms with Gasteiger partial charge >= 0.3 is 0 Å². The fourth-order valence-electron chi connectivity index (χ4n) is 2.40. The molecule has 0 aromatic carbocycles. The van der Waals surface area contributed by atoms with Crippen molar-refractivity contribution in [3.63, 3.8) is 0 Å². The van der Waals surface area contributed by atoms with Crippen LogP contribution in [0.2, 0.25) is 0 Å². The normalized spacial score (nSPS) is 15.2. The Balaban J connectivity index is 2.05. The Hall–Kier alpha value is -1.04. The van der Waals surface area contributed by atoms with E-state index in [9.17, 15) is 0 Å². The lowest BCUT2D eigenvalue weighted by atomic mass is 10.1. The van der Waals surface area contributed by atoms with Gasteiger partial charge < -0.3 is 10.2 Å². The van der Waals surface area contributed by atoms with Gasteiger partial charge in [0.2, 0.25) is 11.9 Å². The molecule has 1 N–H and O–H groups in total. The van der Waals surface area contributed by atoms with E-state index < -0.39 is 0 Å². The van der Waals surface area contributed by atoms with E-state index in [1.165, 1.54) is 38.5 Å². The van der Waals surface area contributed by atoms with Gasteiger partial charge in [-0.25, -0.2) is 0 Å². The molecule has 21 heavy (non-hydrogen) atoms. The Morgan fingerprint density at radius 1 is 1.05 bits per heavy atom. The minimum absolute atomic E-state index is 0.714. The predicted molar refractivity (Wildman–Crippen MR) is 90.3 cm³/mol. The van der Waals surface area contributed by atoms with Gasteiger partial charge in [-0.1, -0.05) is 31.5 Å². The number of aromatic nitrogens is 3. The summed E-state index contributed by atoms with van der Waals surface area (Å²) in [6.07, 6.45) is 7.54. The van der Waals surface area contributed by atoms with E-state index in [4.69, 9.17) is 0 Å². The monoisotopic (exact) mass is 309 g/mol. The average Bonchev–Trinajstić information content (AvgIpc) is 2.53. The number of thioether (sulfide) groups is 1. The molecule has 1 aromatic rings. The second kappa shape index (κ2) is 9.07. The third kappa shape index (κ3) is 5.34. The second-order valence-electron chi connectivity index (χ2n) is 5.38. The van der Waals surface area contributed by atoms with E-state index in [1.807, 2.05) is 0 Å². The zero-order valence-electron chi connectivity index (χ0n) is 13.3. The maximum Gasteiger partial charge on any atom is 0.231 e. The Morgan fingerprint density at radius 3 is 2.57 bits per heavy atom. The van der Waals surface area contributed by atoms with E-state index in [-0.39, 0.29) is 0 Å². The molecular formula is C15H27N5S. The van der Waals surface area contributed by atoms with Gasteiger partial charge in [0.1, 0.15) is 0 Å². The molecule has 118 valence electrons. The topological polar surface area (TPSA) is 53.9 Å². The molecule has 5 nitrogen and oxygen atoms in total. The number of hydrogen-bond donors (Lipinski definition) is 1. The van der Waals surface area contributed by atoms with Gasteiger partial charge in [-0.2, -0.15) is 15.0 Å². The van der Waals surface area contributed by atoms with Crippen molar-refractivity contribution in [3.8, 4) is 0 Å². The van der Waals surface area contributed by atoms with Crippen molar-refractivity contribution >= 4 is 23.7 Å². The molecular weight excluding hydrogens is 282 g/mol. The molecule has 0 unspecified atom stereocenters. The molecule has 6 heteroatoms. The summed E-state index contributed by atoms with van der Waals surface area (Å²) < 4.78 is 0. The van der Waals surface area contributed by atoms with Crippen molar-refractivity contribution in [2.45, 2.75) is 57.5 Å². The molecule has 1 saturated heterocycles. The van der Waals surface area contributed by atoms with Crippen molar-refractivity contribution in [2.75, 3.05) is 35.6 Å². The van der Waals surface area contributed by atoms with Crippen LogP contribution in [0, 0.1) is 0 Å². The minimum Gasteiger partial charge on any atom is -0.354 e. The maximum absolute atomic E-state index is 4.66. The van der Waals surface area contributed by atoms with E-state index in [1.54, 1.807) is 11.8 Å². The first-order valence-corrected chi connectivity index (χ1v) is 9.19. The van der Waals surface area contributed by atoms with Gasteiger partial charge in [0, 0.05) is 25.4 Å². The number of rotatable bonds is 8. The molecule has 0 spiro atoms. The summed E-state index contributed by atoms with van der Waals surface area (Å²) in [6, 6.07) is 0. The lowest BCUT2D eigenvalue weighted by molar-refractivity contribution is 0.565. The first kappa shape index (κ1) is 16.3. The molecule has 1 fully saturated rings. The number of piperidine rings is 1. The van der Waals surface area contributed by atoms with Crippen LogP contribution in [0.3, 0.4) is 0 Å². The molecule has 0 atom stereocenters. The lowest BCUT2D eigenvalue weighted by Gasteiger charge is -2.26. The lowest BCUT2D eigenvalue weighted by Crippen LogP contribution is -2.31. The highest BCUT2D eigenvalue weighted by atomic mass is 32.2. The fourth-order valence-corrected chi connectivity index (χ4v) is 3.23. The average molecular weight is 309 g/mol. The second-order valence-corrected chi connectivity index (χ2v) is 6.44. The molecule has 1 aliphatic rings. The number of unbranched alkanes of at least 4 members (excludes halogenated alkanes) is 2. The first-order chi connectivity index (χ1) is 10.3. The maximum atomic E-state index is 4.66. The van der Waals surface area contributed by atoms with Crippen LogP contribution >= 0.6 is 11.8 Å². The number of nitrogens with one attached hydrogen (secondary N) is 1. The summed E-state index contributed by atoms with van der Waals surface area (Å²) >= 11 is 1.75. The predicted octanol–water partition coefficient (Wildman–Crippen LogP) is 3.58. The zero-order chi connectivity index (χ0) is 14.9. The van der Waals surface area contributed by atoms with E-state index in [0.717, 1.165) is 36.5 Å². The van der Waals surface area contributed by atoms with Crippen molar-refractivity contribution in [1.82, 2.24) is 15.0 Å². The van der Waals surface area contributed by atoms with Crippen LogP contribution in [0.1, 0.15) is 52.4 Å². The quantitative estimate of drug-likeness (QED) is 0.585. The minimum atomic E-state index is 0.714. The Kier molecular flexibility index (Phi) is 7.06. The number of hydrogen-bond acceptors (Lipinski definition) is 6. The first-order valence-electron chi connectivity index (χ1n) is 8.21. The smallest absolute Gasteiger partial charge is 0.231 e. The zero-order valence-corrected chi connectivity index (χ0v) is 14.1. The Morgan fingerprint density at radius 2 is 1.86 bits per heavy atom. The third-order valence-electron chi connectivity index (χ3n) is 3.56. The van der Waals surface area contributed by atoms with Crippen LogP contribution in [-0.2, 0) is 0 Å². The summed E-state index contributed by atoms with van der Waals surface area (Å²) in [4.78, 5) is 16.0. The Bertz CT molecular complexity index is 421. The van der Waals surface area contributed by atoms with Crippen molar-refractivity contribution in [2.24, 2.45) is 0 Å². The van der Waals surface area contributed by atoms with Crippen LogP contribution in [-0.4, -0.2) is 40.3 Å². The molecule has 0 radical (unpaired) electrons. The molecule has 0 saturated carbocycles. The Labute approximate surface area is 132 Å². The standard InChI is InChI=1S/C15H27N5S/c1-3-5-9-12-21-15-18-13(16-4-2)17-14(19-15)20-10-7-6-8-11-20/h3-12H2,1-2H3,(H,16,17,18,19). The van der Waals surface area contributed by atoms with E-state index >= 15 is 0 Å². The highest BCUT2D eigenvalue weighted by Crippen LogP contribution is 2.22. The van der Waals surface area contributed by atoms with Crippen LogP contribution in [0.5, 0.6) is 0 Å². The van der Waals surface area contributed by atoms with Crippen molar-refractivity contribution in [1.29, 1.82) is 0 Å². The summed E-state index contributed by atoms with van der Waals surface area (Å²) in [6.45, 7) is 7.26.